The van der Waals surface area contributed by atoms with E-state index in [4.69, 9.17) is 9.47 Å². The summed E-state index contributed by atoms with van der Waals surface area (Å²) >= 11 is 0. The number of nitrogens with one attached hydrogen (secondary N) is 2. The molecule has 0 aliphatic carbocycles. The zero-order chi connectivity index (χ0) is 19.8. The predicted octanol–water partition coefficient (Wildman–Crippen LogP) is 4.01. The Bertz CT molecular complexity index is 909. The molecule has 3 aromatic rings. The SMILES string of the molecule is COc1ccc(CCNc2ccc(NC(=O)c3cccc(OC)c3)cn2)cc1. The molecule has 0 saturated carbocycles. The van der Waals surface area contributed by atoms with Crippen LogP contribution in [0.1, 0.15) is 15.9 Å². The number of hydrogen-bond donors (Lipinski definition) is 2. The molecule has 144 valence electrons. The summed E-state index contributed by atoms with van der Waals surface area (Å²) in [5, 5.41) is 6.11. The number of pyridine rings is 1. The van der Waals surface area contributed by atoms with Gasteiger partial charge in [-0.3, -0.25) is 4.79 Å². The topological polar surface area (TPSA) is 72.5 Å². The number of carbonyl (C=O) groups is 1. The van der Waals surface area contributed by atoms with Gasteiger partial charge in [0.1, 0.15) is 17.3 Å². The van der Waals surface area contributed by atoms with Crippen molar-refractivity contribution in [3.8, 4) is 11.5 Å². The van der Waals surface area contributed by atoms with Crippen LogP contribution in [0.5, 0.6) is 11.5 Å². The van der Waals surface area contributed by atoms with Crippen molar-refractivity contribution in [2.45, 2.75) is 6.42 Å². The van der Waals surface area contributed by atoms with E-state index in [-0.39, 0.29) is 5.91 Å². The van der Waals surface area contributed by atoms with Crippen molar-refractivity contribution in [3.05, 3.63) is 78.0 Å². The van der Waals surface area contributed by atoms with Crippen molar-refractivity contribution < 1.29 is 14.3 Å². The van der Waals surface area contributed by atoms with Crippen molar-refractivity contribution in [3.63, 3.8) is 0 Å². The highest BCUT2D eigenvalue weighted by atomic mass is 16.5. The van der Waals surface area contributed by atoms with Crippen LogP contribution in [-0.2, 0) is 6.42 Å². The van der Waals surface area contributed by atoms with E-state index in [1.807, 2.05) is 36.4 Å². The van der Waals surface area contributed by atoms with Crippen molar-refractivity contribution in [1.82, 2.24) is 4.98 Å². The number of nitrogens with zero attached hydrogens (tertiary/aromatic N) is 1. The molecule has 0 saturated heterocycles. The normalized spacial score (nSPS) is 10.2. The second-order valence-electron chi connectivity index (χ2n) is 6.14. The number of hydrogen-bond acceptors (Lipinski definition) is 5. The molecule has 2 aromatic carbocycles. The first-order chi connectivity index (χ1) is 13.7. The molecule has 0 spiro atoms. The Kier molecular flexibility index (Phi) is 6.46. The third-order valence-electron chi connectivity index (χ3n) is 4.23. The van der Waals surface area contributed by atoms with Gasteiger partial charge in [0.2, 0.25) is 0 Å². The van der Waals surface area contributed by atoms with E-state index in [1.54, 1.807) is 44.7 Å². The molecule has 28 heavy (non-hydrogen) atoms. The minimum absolute atomic E-state index is 0.207. The number of ether oxygens (including phenoxy) is 2. The monoisotopic (exact) mass is 377 g/mol. The maximum atomic E-state index is 12.3. The lowest BCUT2D eigenvalue weighted by molar-refractivity contribution is 0.102. The first kappa shape index (κ1) is 19.2. The number of anilines is 2. The first-order valence-electron chi connectivity index (χ1n) is 8.96. The van der Waals surface area contributed by atoms with Crippen LogP contribution in [0.2, 0.25) is 0 Å². The molecule has 1 amide bonds. The van der Waals surface area contributed by atoms with E-state index in [0.29, 0.717) is 17.0 Å². The van der Waals surface area contributed by atoms with Gasteiger partial charge in [-0.1, -0.05) is 18.2 Å². The van der Waals surface area contributed by atoms with E-state index in [2.05, 4.69) is 15.6 Å². The summed E-state index contributed by atoms with van der Waals surface area (Å²) in [5.74, 6) is 2.04. The van der Waals surface area contributed by atoms with Gasteiger partial charge in [0.25, 0.3) is 5.91 Å². The fourth-order valence-corrected chi connectivity index (χ4v) is 2.67. The molecule has 0 aliphatic rings. The van der Waals surface area contributed by atoms with E-state index in [0.717, 1.165) is 24.5 Å². The fourth-order valence-electron chi connectivity index (χ4n) is 2.67. The van der Waals surface area contributed by atoms with Crippen molar-refractivity contribution in [2.75, 3.05) is 31.4 Å². The van der Waals surface area contributed by atoms with Crippen LogP contribution < -0.4 is 20.1 Å². The van der Waals surface area contributed by atoms with Crippen molar-refractivity contribution in [1.29, 1.82) is 0 Å². The standard InChI is InChI=1S/C22H23N3O3/c1-27-19-9-6-16(7-10-19)12-13-23-21-11-8-18(15-24-21)25-22(26)17-4-3-5-20(14-17)28-2/h3-11,14-15H,12-13H2,1-2H3,(H,23,24)(H,25,26). The summed E-state index contributed by atoms with van der Waals surface area (Å²) in [6.45, 7) is 0.759. The summed E-state index contributed by atoms with van der Waals surface area (Å²) < 4.78 is 10.3. The van der Waals surface area contributed by atoms with Crippen LogP contribution in [0.15, 0.2) is 66.9 Å². The number of benzene rings is 2. The summed E-state index contributed by atoms with van der Waals surface area (Å²) in [4.78, 5) is 16.7. The van der Waals surface area contributed by atoms with Crippen LogP contribution in [0.25, 0.3) is 0 Å². The molecule has 0 aliphatic heterocycles. The van der Waals surface area contributed by atoms with Gasteiger partial charge >= 0.3 is 0 Å². The van der Waals surface area contributed by atoms with E-state index < -0.39 is 0 Å². The number of carbonyl (C=O) groups excluding carboxylic acids is 1. The number of aromatic nitrogens is 1. The van der Waals surface area contributed by atoms with Crippen LogP contribution in [-0.4, -0.2) is 31.7 Å². The molecule has 0 unspecified atom stereocenters. The zero-order valence-electron chi connectivity index (χ0n) is 15.9. The van der Waals surface area contributed by atoms with Crippen LogP contribution in [0.3, 0.4) is 0 Å². The smallest absolute Gasteiger partial charge is 0.255 e. The molecule has 6 heteroatoms. The summed E-state index contributed by atoms with van der Waals surface area (Å²) in [6.07, 6.45) is 2.51. The molecule has 2 N–H and O–H groups in total. The zero-order valence-corrected chi connectivity index (χ0v) is 15.9. The highest BCUT2D eigenvalue weighted by Crippen LogP contribution is 2.16. The lowest BCUT2D eigenvalue weighted by Gasteiger charge is -2.09. The molecule has 0 bridgehead atoms. The van der Waals surface area contributed by atoms with E-state index >= 15 is 0 Å². The van der Waals surface area contributed by atoms with Crippen LogP contribution in [0, 0.1) is 0 Å². The minimum Gasteiger partial charge on any atom is -0.497 e. The predicted molar refractivity (Wildman–Crippen MR) is 110 cm³/mol. The molecule has 1 aromatic heterocycles. The average molecular weight is 377 g/mol. The van der Waals surface area contributed by atoms with Crippen molar-refractivity contribution >= 4 is 17.4 Å². The lowest BCUT2D eigenvalue weighted by Crippen LogP contribution is -2.12. The maximum absolute atomic E-state index is 12.3. The second-order valence-corrected chi connectivity index (χ2v) is 6.14. The molecule has 0 radical (unpaired) electrons. The molecule has 0 fully saturated rings. The Hall–Kier alpha value is -3.54. The lowest BCUT2D eigenvalue weighted by atomic mass is 10.1. The van der Waals surface area contributed by atoms with Gasteiger partial charge in [-0.05, 0) is 54.4 Å². The third-order valence-corrected chi connectivity index (χ3v) is 4.23. The van der Waals surface area contributed by atoms with E-state index in [1.165, 1.54) is 5.56 Å². The van der Waals surface area contributed by atoms with Gasteiger partial charge in [0, 0.05) is 12.1 Å². The van der Waals surface area contributed by atoms with Crippen LogP contribution >= 0.6 is 0 Å². The Morgan fingerprint density at radius 3 is 2.43 bits per heavy atom. The molecule has 1 heterocycles. The Balaban J connectivity index is 1.50. The van der Waals surface area contributed by atoms with Crippen LogP contribution in [0.4, 0.5) is 11.5 Å². The van der Waals surface area contributed by atoms with Gasteiger partial charge in [0.05, 0.1) is 26.1 Å². The molecule has 3 rings (SSSR count). The number of rotatable bonds is 8. The maximum Gasteiger partial charge on any atom is 0.255 e. The summed E-state index contributed by atoms with van der Waals surface area (Å²) in [7, 11) is 3.23. The summed E-state index contributed by atoms with van der Waals surface area (Å²) in [6, 6.07) is 18.7. The fraction of sp³-hybridized carbons (Fsp3) is 0.182. The van der Waals surface area contributed by atoms with Gasteiger partial charge in [-0.2, -0.15) is 0 Å². The van der Waals surface area contributed by atoms with Gasteiger partial charge in [-0.15, -0.1) is 0 Å². The van der Waals surface area contributed by atoms with E-state index in [9.17, 15) is 4.79 Å². The average Bonchev–Trinajstić information content (AvgIpc) is 2.75. The first-order valence-corrected chi connectivity index (χ1v) is 8.96. The second kappa shape index (κ2) is 9.41. The van der Waals surface area contributed by atoms with Crippen molar-refractivity contribution in [2.24, 2.45) is 0 Å². The van der Waals surface area contributed by atoms with Gasteiger partial charge in [-0.25, -0.2) is 4.98 Å². The highest BCUT2D eigenvalue weighted by molar-refractivity contribution is 6.04. The Morgan fingerprint density at radius 1 is 0.964 bits per heavy atom. The Morgan fingerprint density at radius 2 is 1.75 bits per heavy atom. The molecule has 6 nitrogen and oxygen atoms in total. The third kappa shape index (κ3) is 5.23. The van der Waals surface area contributed by atoms with Gasteiger partial charge in [0.15, 0.2) is 0 Å². The van der Waals surface area contributed by atoms with Gasteiger partial charge < -0.3 is 20.1 Å². The number of methoxy groups -OCH3 is 2. The molecular formula is C22H23N3O3. The summed E-state index contributed by atoms with van der Waals surface area (Å²) in [5.41, 5.74) is 2.38. The Labute approximate surface area is 164 Å². The quantitative estimate of drug-likeness (QED) is 0.621. The molecular weight excluding hydrogens is 354 g/mol. The molecule has 0 atom stereocenters. The highest BCUT2D eigenvalue weighted by Gasteiger charge is 2.07. The minimum atomic E-state index is -0.207. The number of amides is 1. The largest absolute Gasteiger partial charge is 0.497 e.